The molecule has 0 bridgehead atoms. The summed E-state index contributed by atoms with van der Waals surface area (Å²) in [4.78, 5) is 33.8. The molecule has 8 heteroatoms. The van der Waals surface area contributed by atoms with Crippen LogP contribution < -0.4 is 16.0 Å². The molecule has 2 aliphatic rings. The molecule has 1 spiro atoms. The third-order valence-electron chi connectivity index (χ3n) is 3.43. The Morgan fingerprint density at radius 2 is 2.18 bits per heavy atom. The molecule has 3 N–H and O–H groups in total. The molecule has 2 rings (SSSR count). The molecule has 22 heavy (non-hydrogen) atoms. The fourth-order valence-electron chi connectivity index (χ4n) is 2.29. The minimum Gasteiger partial charge on any atom is -0.379 e. The number of carbonyl (C=O) groups excluding carboxylic acids is 3. The van der Waals surface area contributed by atoms with Crippen LogP contribution in [0.5, 0.6) is 0 Å². The standard InChI is InChI=1S/C9H12N3O4.C5H11.Y/c1-5(13)10-6-4-16-3-2-9(6)7(14)11-8(15)12-9;1-3-5-4-2;/h6H,1-4H2,(H,10,13)(H2,11,12,14,15);1,3-5H2,2H3;/q2*-1;+3. The second-order valence-corrected chi connectivity index (χ2v) is 5.03. The van der Waals surface area contributed by atoms with E-state index >= 15 is 0 Å². The topological polar surface area (TPSA) is 96.5 Å². The summed E-state index contributed by atoms with van der Waals surface area (Å²) in [6.07, 6.45) is 3.98. The Morgan fingerprint density at radius 3 is 2.59 bits per heavy atom. The van der Waals surface area contributed by atoms with Gasteiger partial charge in [-0.3, -0.25) is 10.1 Å². The second kappa shape index (κ2) is 10.2. The van der Waals surface area contributed by atoms with Crippen molar-refractivity contribution < 1.29 is 51.8 Å². The van der Waals surface area contributed by atoms with Gasteiger partial charge < -0.3 is 34.0 Å². The van der Waals surface area contributed by atoms with Crippen LogP contribution in [0.4, 0.5) is 4.79 Å². The predicted molar refractivity (Wildman–Crippen MR) is 77.0 cm³/mol. The number of nitrogens with one attached hydrogen (secondary N) is 3. The summed E-state index contributed by atoms with van der Waals surface area (Å²) in [5.74, 6) is -0.941. The first kappa shape index (κ1) is 21.3. The van der Waals surface area contributed by atoms with E-state index in [1.807, 2.05) is 0 Å². The SMILES string of the molecule is [CH2-]C(=O)NC1COCCC12NC(=O)NC2=O.[CH2-]CCCC.[Y+3]. The van der Waals surface area contributed by atoms with E-state index in [-0.39, 0.29) is 39.3 Å². The number of ether oxygens (including phenoxy) is 1. The van der Waals surface area contributed by atoms with Gasteiger partial charge in [-0.1, -0.05) is 19.8 Å². The average Bonchev–Trinajstić information content (AvgIpc) is 2.69. The van der Waals surface area contributed by atoms with Crippen molar-refractivity contribution >= 4 is 17.8 Å². The Kier molecular flexibility index (Phi) is 9.88. The molecule has 0 aromatic carbocycles. The van der Waals surface area contributed by atoms with E-state index in [9.17, 15) is 14.4 Å². The summed E-state index contributed by atoms with van der Waals surface area (Å²) >= 11 is 0. The van der Waals surface area contributed by atoms with Crippen molar-refractivity contribution in [3.8, 4) is 0 Å². The Labute approximate surface area is 156 Å². The zero-order valence-corrected chi connectivity index (χ0v) is 15.8. The molecule has 0 aromatic rings. The molecule has 0 aliphatic carbocycles. The van der Waals surface area contributed by atoms with Crippen LogP contribution >= 0.6 is 0 Å². The molecule has 0 radical (unpaired) electrons. The molecule has 2 saturated heterocycles. The van der Waals surface area contributed by atoms with Crippen LogP contribution in [0.15, 0.2) is 0 Å². The summed E-state index contributed by atoms with van der Waals surface area (Å²) in [5, 5.41) is 7.23. The molecule has 120 valence electrons. The first-order valence-electron chi connectivity index (χ1n) is 7.09. The normalized spacial score (nSPS) is 26.2. The van der Waals surface area contributed by atoms with Crippen LogP contribution in [-0.4, -0.2) is 42.6 Å². The maximum absolute atomic E-state index is 11.7. The molecule has 2 heterocycles. The minimum absolute atomic E-state index is 0. The van der Waals surface area contributed by atoms with E-state index in [4.69, 9.17) is 4.74 Å². The first-order valence-corrected chi connectivity index (χ1v) is 7.09. The van der Waals surface area contributed by atoms with E-state index in [1.54, 1.807) is 0 Å². The first-order chi connectivity index (χ1) is 9.96. The fraction of sp³-hybridized carbons (Fsp3) is 0.643. The number of urea groups is 1. The Morgan fingerprint density at radius 1 is 1.50 bits per heavy atom. The van der Waals surface area contributed by atoms with Crippen LogP contribution in [0.3, 0.4) is 0 Å². The molecule has 2 atom stereocenters. The molecule has 0 saturated carbocycles. The van der Waals surface area contributed by atoms with Gasteiger partial charge in [0, 0.05) is 13.0 Å². The van der Waals surface area contributed by atoms with E-state index in [0.29, 0.717) is 13.0 Å². The van der Waals surface area contributed by atoms with Gasteiger partial charge in [0.15, 0.2) is 0 Å². The van der Waals surface area contributed by atoms with Crippen LogP contribution in [0.2, 0.25) is 0 Å². The Hall–Kier alpha value is -0.656. The van der Waals surface area contributed by atoms with Gasteiger partial charge in [0.05, 0.1) is 18.6 Å². The summed E-state index contributed by atoms with van der Waals surface area (Å²) in [6, 6.07) is -1.13. The summed E-state index contributed by atoms with van der Waals surface area (Å²) in [6.45, 7) is 9.56. The molecular formula is C14H23N3O4Y+. The number of rotatable bonds is 3. The van der Waals surface area contributed by atoms with Gasteiger partial charge in [-0.25, -0.2) is 4.79 Å². The van der Waals surface area contributed by atoms with Crippen molar-refractivity contribution in [2.45, 2.75) is 44.2 Å². The van der Waals surface area contributed by atoms with Crippen molar-refractivity contribution in [3.05, 3.63) is 13.8 Å². The van der Waals surface area contributed by atoms with Crippen LogP contribution in [0.1, 0.15) is 32.6 Å². The number of carbonyl (C=O) groups is 3. The molecule has 4 amide bonds. The van der Waals surface area contributed by atoms with E-state index < -0.39 is 29.4 Å². The smallest absolute Gasteiger partial charge is 0.379 e. The molecule has 2 unspecified atom stereocenters. The van der Waals surface area contributed by atoms with Gasteiger partial charge in [-0.2, -0.15) is 6.42 Å². The summed E-state index contributed by atoms with van der Waals surface area (Å²) in [7, 11) is 0. The largest absolute Gasteiger partial charge is 3.00 e. The van der Waals surface area contributed by atoms with Crippen LogP contribution in [0, 0.1) is 13.8 Å². The van der Waals surface area contributed by atoms with Gasteiger partial charge in [0.2, 0.25) is 0 Å². The van der Waals surface area contributed by atoms with E-state index in [0.717, 1.165) is 6.42 Å². The predicted octanol–water partition coefficient (Wildman–Crippen LogP) is 0.312. The number of hydrogen-bond donors (Lipinski definition) is 3. The van der Waals surface area contributed by atoms with Gasteiger partial charge in [0.1, 0.15) is 5.54 Å². The maximum Gasteiger partial charge on any atom is 3.00 e. The third-order valence-corrected chi connectivity index (χ3v) is 3.43. The molecule has 2 aliphatic heterocycles. The zero-order chi connectivity index (χ0) is 15.9. The van der Waals surface area contributed by atoms with Crippen LogP contribution in [0.25, 0.3) is 0 Å². The second-order valence-electron chi connectivity index (χ2n) is 5.03. The van der Waals surface area contributed by atoms with E-state index in [2.05, 4.69) is 36.7 Å². The molecular weight excluding hydrogens is 363 g/mol. The summed E-state index contributed by atoms with van der Waals surface area (Å²) < 4.78 is 5.18. The van der Waals surface area contributed by atoms with Crippen molar-refractivity contribution in [2.75, 3.05) is 13.2 Å². The minimum atomic E-state index is -1.09. The zero-order valence-electron chi connectivity index (χ0n) is 12.9. The van der Waals surface area contributed by atoms with Crippen LogP contribution in [-0.2, 0) is 47.0 Å². The Bertz CT molecular complexity index is 404. The van der Waals surface area contributed by atoms with Crippen molar-refractivity contribution in [3.63, 3.8) is 0 Å². The third kappa shape index (κ3) is 5.52. The Balaban J connectivity index is 0.000000644. The maximum atomic E-state index is 11.7. The summed E-state index contributed by atoms with van der Waals surface area (Å²) in [5.41, 5.74) is -1.09. The molecule has 7 nitrogen and oxygen atoms in total. The fourth-order valence-corrected chi connectivity index (χ4v) is 2.29. The van der Waals surface area contributed by atoms with E-state index in [1.165, 1.54) is 12.8 Å². The van der Waals surface area contributed by atoms with Crippen molar-refractivity contribution in [1.29, 1.82) is 0 Å². The number of amides is 4. The number of imide groups is 1. The quantitative estimate of drug-likeness (QED) is 0.481. The monoisotopic (exact) mass is 386 g/mol. The van der Waals surface area contributed by atoms with Gasteiger partial charge in [0.25, 0.3) is 5.91 Å². The number of unbranched alkanes of at least 4 members (excludes halogenated alkanes) is 2. The van der Waals surface area contributed by atoms with Crippen molar-refractivity contribution in [1.82, 2.24) is 16.0 Å². The average molecular weight is 386 g/mol. The molecule has 0 aromatic heterocycles. The number of hydrogen-bond acceptors (Lipinski definition) is 4. The van der Waals surface area contributed by atoms with Gasteiger partial charge >= 0.3 is 38.7 Å². The molecule has 2 fully saturated rings. The van der Waals surface area contributed by atoms with Crippen molar-refractivity contribution in [2.24, 2.45) is 0 Å². The van der Waals surface area contributed by atoms with Gasteiger partial charge in [-0.05, 0) is 0 Å². The van der Waals surface area contributed by atoms with Gasteiger partial charge in [-0.15, -0.1) is 0 Å².